The van der Waals surface area contributed by atoms with Crippen molar-refractivity contribution >= 4 is 11.9 Å². The fourth-order valence-corrected chi connectivity index (χ4v) is 4.49. The third-order valence-corrected chi connectivity index (χ3v) is 6.76. The molecular formula is C27H33FN6O5. The molecule has 12 heteroatoms. The van der Waals surface area contributed by atoms with E-state index in [1.54, 1.807) is 31.3 Å². The third kappa shape index (κ3) is 6.41. The van der Waals surface area contributed by atoms with Crippen molar-refractivity contribution in [1.82, 2.24) is 25.3 Å². The van der Waals surface area contributed by atoms with Crippen molar-refractivity contribution in [3.8, 4) is 22.6 Å². The highest BCUT2D eigenvalue weighted by molar-refractivity contribution is 5.82. The smallest absolute Gasteiger partial charge is 0.230 e. The van der Waals surface area contributed by atoms with E-state index >= 15 is 0 Å². The maximum atomic E-state index is 13.7. The first-order valence-corrected chi connectivity index (χ1v) is 13.1. The van der Waals surface area contributed by atoms with E-state index in [4.69, 9.17) is 24.3 Å². The van der Waals surface area contributed by atoms with Gasteiger partial charge in [0.05, 0.1) is 41.8 Å². The van der Waals surface area contributed by atoms with Gasteiger partial charge in [-0.2, -0.15) is 0 Å². The van der Waals surface area contributed by atoms with Crippen LogP contribution in [-0.4, -0.2) is 76.6 Å². The molecule has 2 aliphatic rings. The monoisotopic (exact) mass is 540 g/mol. The first-order chi connectivity index (χ1) is 18.9. The summed E-state index contributed by atoms with van der Waals surface area (Å²) in [7, 11) is 0. The van der Waals surface area contributed by atoms with Gasteiger partial charge in [-0.25, -0.2) is 19.3 Å². The fourth-order valence-electron chi connectivity index (χ4n) is 4.49. The molecule has 4 N–H and O–H groups in total. The molecular weight excluding hydrogens is 507 g/mol. The number of H-pyrrole nitrogens is 1. The summed E-state index contributed by atoms with van der Waals surface area (Å²) in [5.74, 6) is 0.302. The molecule has 4 heterocycles. The molecule has 0 saturated carbocycles. The third-order valence-electron chi connectivity index (χ3n) is 6.76. The maximum Gasteiger partial charge on any atom is 0.230 e. The lowest BCUT2D eigenvalue weighted by atomic mass is 9.91. The van der Waals surface area contributed by atoms with Gasteiger partial charge in [-0.1, -0.05) is 0 Å². The van der Waals surface area contributed by atoms with Crippen molar-refractivity contribution < 1.29 is 28.5 Å². The number of aliphatic hydroxyl groups excluding tert-OH is 1. The molecule has 0 aliphatic carbocycles. The van der Waals surface area contributed by atoms with E-state index in [1.165, 1.54) is 12.1 Å². The summed E-state index contributed by atoms with van der Waals surface area (Å²) in [6, 6.07) is 7.80. The van der Waals surface area contributed by atoms with Crippen LogP contribution < -0.4 is 10.6 Å². The van der Waals surface area contributed by atoms with E-state index in [0.717, 1.165) is 19.4 Å². The summed E-state index contributed by atoms with van der Waals surface area (Å²) >= 11 is 0. The summed E-state index contributed by atoms with van der Waals surface area (Å²) in [5.41, 5.74) is 1.54. The second-order valence-electron chi connectivity index (χ2n) is 9.98. The summed E-state index contributed by atoms with van der Waals surface area (Å²) in [4.78, 5) is 29.7. The number of aliphatic hydroxyl groups is 1. The number of ether oxygens (including phenoxy) is 3. The maximum absolute atomic E-state index is 13.7. The zero-order valence-corrected chi connectivity index (χ0v) is 21.8. The molecule has 2 aliphatic heterocycles. The molecule has 2 aromatic heterocycles. The number of hydrogen-bond acceptors (Lipinski definition) is 9. The Morgan fingerprint density at radius 1 is 1.18 bits per heavy atom. The lowest BCUT2D eigenvalue weighted by Crippen LogP contribution is -2.48. The highest BCUT2D eigenvalue weighted by Gasteiger charge is 2.40. The Balaban J connectivity index is 1.37. The van der Waals surface area contributed by atoms with Crippen molar-refractivity contribution in [2.45, 2.75) is 38.6 Å². The molecule has 0 spiro atoms. The molecule has 0 bridgehead atoms. The van der Waals surface area contributed by atoms with Gasteiger partial charge in [0.15, 0.2) is 5.82 Å². The highest BCUT2D eigenvalue weighted by Crippen LogP contribution is 2.35. The van der Waals surface area contributed by atoms with Gasteiger partial charge < -0.3 is 34.9 Å². The number of nitrogens with one attached hydrogen (secondary N) is 3. The second kappa shape index (κ2) is 12.2. The van der Waals surface area contributed by atoms with Crippen molar-refractivity contribution in [3.63, 3.8) is 0 Å². The van der Waals surface area contributed by atoms with Crippen LogP contribution in [0.1, 0.15) is 38.3 Å². The van der Waals surface area contributed by atoms with Crippen molar-refractivity contribution in [3.05, 3.63) is 48.2 Å². The molecule has 39 heavy (non-hydrogen) atoms. The van der Waals surface area contributed by atoms with E-state index in [-0.39, 0.29) is 37.6 Å². The normalized spacial score (nSPS) is 23.1. The second-order valence-corrected chi connectivity index (χ2v) is 9.98. The Hall–Kier alpha value is -3.45. The molecule has 11 nitrogen and oxygen atoms in total. The molecule has 2 saturated heterocycles. The van der Waals surface area contributed by atoms with Crippen molar-refractivity contribution in [1.29, 1.82) is 0 Å². The quantitative estimate of drug-likeness (QED) is 0.285. The standard InChI is InChI=1S/C27H33FN6O5/c1-27(25(36)29-10-3-12-35)15-38-24(39-16-27)23-33-21(17-5-7-18(28)8-6-17)22(34-23)20-9-11-30-26(32-20)31-14-19-4-2-13-37-19/h5-9,11,19,24,35H,2-4,10,12-16H2,1H3,(H,29,36)(H,33,34)(H,30,31,32). The molecule has 0 radical (unpaired) electrons. The lowest BCUT2D eigenvalue weighted by Gasteiger charge is -2.35. The first-order valence-electron chi connectivity index (χ1n) is 13.1. The van der Waals surface area contributed by atoms with Crippen molar-refractivity contribution in [2.75, 3.05) is 44.8 Å². The number of aromatic nitrogens is 4. The van der Waals surface area contributed by atoms with Crippen molar-refractivity contribution in [2.24, 2.45) is 5.41 Å². The molecule has 1 amide bonds. The Morgan fingerprint density at radius 3 is 2.69 bits per heavy atom. The van der Waals surface area contributed by atoms with E-state index in [1.807, 2.05) is 0 Å². The van der Waals surface area contributed by atoms with Crippen LogP contribution in [0.25, 0.3) is 22.6 Å². The average molecular weight is 541 g/mol. The number of imidazole rings is 1. The van der Waals surface area contributed by atoms with Crippen LogP contribution in [0.5, 0.6) is 0 Å². The zero-order valence-electron chi connectivity index (χ0n) is 21.8. The highest BCUT2D eigenvalue weighted by atomic mass is 19.1. The minimum atomic E-state index is -0.878. The summed E-state index contributed by atoms with van der Waals surface area (Å²) in [5, 5.41) is 15.0. The number of halogens is 1. The van der Waals surface area contributed by atoms with Crippen LogP contribution in [0.3, 0.4) is 0 Å². The molecule has 3 aromatic rings. The largest absolute Gasteiger partial charge is 0.396 e. The van der Waals surface area contributed by atoms with Crippen LogP contribution in [0.15, 0.2) is 36.5 Å². The number of rotatable bonds is 10. The van der Waals surface area contributed by atoms with E-state index in [0.29, 0.717) is 53.9 Å². The van der Waals surface area contributed by atoms with Crippen LogP contribution in [0, 0.1) is 11.2 Å². The van der Waals surface area contributed by atoms with Gasteiger partial charge in [-0.15, -0.1) is 0 Å². The minimum Gasteiger partial charge on any atom is -0.396 e. The molecule has 5 rings (SSSR count). The number of amides is 1. The lowest BCUT2D eigenvalue weighted by molar-refractivity contribution is -0.231. The summed E-state index contributed by atoms with van der Waals surface area (Å²) in [6.45, 7) is 3.76. The molecule has 1 unspecified atom stereocenters. The van der Waals surface area contributed by atoms with E-state index in [9.17, 15) is 9.18 Å². The van der Waals surface area contributed by atoms with Crippen LogP contribution in [-0.2, 0) is 19.0 Å². The molecule has 1 aromatic carbocycles. The molecule has 1 atom stereocenters. The van der Waals surface area contributed by atoms with Gasteiger partial charge in [0.25, 0.3) is 0 Å². The fraction of sp³-hybridized carbons (Fsp3) is 0.481. The number of benzene rings is 1. The minimum absolute atomic E-state index is 0.00209. The predicted molar refractivity (Wildman–Crippen MR) is 140 cm³/mol. The van der Waals surface area contributed by atoms with Gasteiger partial charge in [-0.3, -0.25) is 4.79 Å². The van der Waals surface area contributed by atoms with Crippen LogP contribution in [0.4, 0.5) is 10.3 Å². The van der Waals surface area contributed by atoms with Crippen LogP contribution in [0.2, 0.25) is 0 Å². The van der Waals surface area contributed by atoms with Crippen LogP contribution >= 0.6 is 0 Å². The Bertz CT molecular complexity index is 1260. The van der Waals surface area contributed by atoms with Gasteiger partial charge in [0, 0.05) is 38.1 Å². The molecule has 2 fully saturated rings. The Labute approximate surface area is 225 Å². The number of anilines is 1. The van der Waals surface area contributed by atoms with Gasteiger partial charge in [-0.05, 0) is 56.5 Å². The number of carbonyl (C=O) groups is 1. The zero-order chi connectivity index (χ0) is 27.2. The Morgan fingerprint density at radius 2 is 1.97 bits per heavy atom. The van der Waals surface area contributed by atoms with Gasteiger partial charge in [0.1, 0.15) is 5.82 Å². The van der Waals surface area contributed by atoms with E-state index < -0.39 is 11.7 Å². The predicted octanol–water partition coefficient (Wildman–Crippen LogP) is 2.81. The summed E-state index contributed by atoms with van der Waals surface area (Å²) in [6.07, 6.45) is 3.47. The Kier molecular flexibility index (Phi) is 8.46. The summed E-state index contributed by atoms with van der Waals surface area (Å²) < 4.78 is 31.2. The number of hydrogen-bond donors (Lipinski definition) is 4. The SMILES string of the molecule is CC1(C(=O)NCCCO)COC(c2nc(-c3ccc(F)cc3)c(-c3ccnc(NCC4CCCO4)n3)[nH]2)OC1. The average Bonchev–Trinajstić information content (AvgIpc) is 3.64. The first kappa shape index (κ1) is 27.1. The topological polar surface area (TPSA) is 144 Å². The number of carbonyl (C=O) groups excluding carboxylic acids is 1. The number of aromatic amines is 1. The molecule has 208 valence electrons. The van der Waals surface area contributed by atoms with E-state index in [2.05, 4.69) is 25.6 Å². The van der Waals surface area contributed by atoms with Gasteiger partial charge >= 0.3 is 0 Å². The van der Waals surface area contributed by atoms with Gasteiger partial charge in [0.2, 0.25) is 18.1 Å². The number of nitrogens with zero attached hydrogens (tertiary/aromatic N) is 3.